The van der Waals surface area contributed by atoms with Gasteiger partial charge in [0.15, 0.2) is 0 Å². The summed E-state index contributed by atoms with van der Waals surface area (Å²) < 4.78 is 5.49. The van der Waals surface area contributed by atoms with Gasteiger partial charge in [-0.2, -0.15) is 0 Å². The molecule has 1 amide bonds. The fourth-order valence-corrected chi connectivity index (χ4v) is 4.28. The number of benzene rings is 1. The number of fused-ring (bicyclic) bond motifs is 1. The molecule has 2 aliphatic rings. The lowest BCUT2D eigenvalue weighted by Gasteiger charge is -2.30. The number of H-pyrrole nitrogens is 1. The number of ether oxygens (including phenoxy) is 1. The third kappa shape index (κ3) is 4.45. The Morgan fingerprint density at radius 3 is 2.74 bits per heavy atom. The number of carbonyl (C=O) groups excluding carboxylic acids is 1. The highest BCUT2D eigenvalue weighted by Crippen LogP contribution is 2.29. The molecule has 4 heterocycles. The fourth-order valence-electron chi connectivity index (χ4n) is 4.28. The van der Waals surface area contributed by atoms with E-state index in [9.17, 15) is 4.79 Å². The summed E-state index contributed by atoms with van der Waals surface area (Å²) in [6.07, 6.45) is 4.88. The number of aromatic nitrogens is 4. The number of hydrogen-bond donors (Lipinski definition) is 5. The number of morpholine rings is 1. The van der Waals surface area contributed by atoms with Crippen LogP contribution in [0.3, 0.4) is 0 Å². The first-order valence-corrected chi connectivity index (χ1v) is 11.4. The van der Waals surface area contributed by atoms with E-state index in [-0.39, 0.29) is 23.7 Å². The van der Waals surface area contributed by atoms with Crippen LogP contribution in [0.4, 0.5) is 5.69 Å². The van der Waals surface area contributed by atoms with Gasteiger partial charge in [0.05, 0.1) is 42.2 Å². The molecular formula is C24H27N9O2. The van der Waals surface area contributed by atoms with Gasteiger partial charge in [-0.1, -0.05) is 0 Å². The first kappa shape index (κ1) is 22.5. The highest BCUT2D eigenvalue weighted by atomic mass is 16.5. The zero-order chi connectivity index (χ0) is 24.4. The molecule has 2 aliphatic heterocycles. The highest BCUT2D eigenvalue weighted by Gasteiger charge is 2.31. The maximum absolute atomic E-state index is 13.2. The molecule has 5 rings (SSSR count). The van der Waals surface area contributed by atoms with E-state index in [4.69, 9.17) is 15.1 Å². The molecule has 0 bridgehead atoms. The lowest BCUT2D eigenvalue weighted by molar-refractivity contribution is -0.115. The third-order valence-corrected chi connectivity index (χ3v) is 5.96. The van der Waals surface area contributed by atoms with E-state index in [0.29, 0.717) is 36.3 Å². The van der Waals surface area contributed by atoms with Crippen molar-refractivity contribution >= 4 is 33.9 Å². The summed E-state index contributed by atoms with van der Waals surface area (Å²) in [6, 6.07) is 5.82. The molecule has 0 saturated carbocycles. The fraction of sp³-hybridized carbons (Fsp3) is 0.292. The van der Waals surface area contributed by atoms with Crippen LogP contribution in [0, 0.1) is 12.3 Å². The topological polar surface area (TPSA) is 144 Å². The molecule has 0 spiro atoms. The molecule has 3 aromatic rings. The van der Waals surface area contributed by atoms with Crippen molar-refractivity contribution < 1.29 is 9.53 Å². The summed E-state index contributed by atoms with van der Waals surface area (Å²) in [4.78, 5) is 32.0. The summed E-state index contributed by atoms with van der Waals surface area (Å²) in [5.74, 6) is 0.580. The molecule has 2 aromatic heterocycles. The van der Waals surface area contributed by atoms with Crippen LogP contribution in [0.5, 0.6) is 0 Å². The van der Waals surface area contributed by atoms with E-state index in [1.54, 1.807) is 31.7 Å². The molecule has 11 heteroatoms. The Morgan fingerprint density at radius 1 is 1.23 bits per heavy atom. The highest BCUT2D eigenvalue weighted by molar-refractivity contribution is 6.33. The second-order valence-electron chi connectivity index (χ2n) is 8.29. The predicted molar refractivity (Wildman–Crippen MR) is 133 cm³/mol. The average Bonchev–Trinajstić information content (AvgIpc) is 3.28. The Balaban J connectivity index is 1.57. The second kappa shape index (κ2) is 9.55. The van der Waals surface area contributed by atoms with Gasteiger partial charge in [-0.05, 0) is 30.7 Å². The monoisotopic (exact) mass is 473 g/mol. The average molecular weight is 474 g/mol. The van der Waals surface area contributed by atoms with Crippen LogP contribution >= 0.6 is 0 Å². The molecule has 1 saturated heterocycles. The van der Waals surface area contributed by atoms with Crippen LogP contribution in [-0.2, 0) is 16.1 Å². The summed E-state index contributed by atoms with van der Waals surface area (Å²) in [5, 5.41) is 17.6. The summed E-state index contributed by atoms with van der Waals surface area (Å²) >= 11 is 0. The van der Waals surface area contributed by atoms with Gasteiger partial charge in [-0.3, -0.25) is 10.2 Å². The zero-order valence-corrected chi connectivity index (χ0v) is 19.6. The number of aromatic amines is 1. The molecule has 11 nitrogen and oxygen atoms in total. The number of nitrogens with one attached hydrogen (secondary N) is 5. The van der Waals surface area contributed by atoms with Crippen molar-refractivity contribution in [1.29, 1.82) is 5.41 Å². The minimum Gasteiger partial charge on any atom is -0.392 e. The number of amides is 1. The Labute approximate surface area is 202 Å². The Kier molecular flexibility index (Phi) is 6.15. The number of hydrogen-bond acceptors (Lipinski definition) is 9. The molecule has 35 heavy (non-hydrogen) atoms. The van der Waals surface area contributed by atoms with Crippen molar-refractivity contribution in [3.05, 3.63) is 65.4 Å². The number of anilines is 1. The first-order chi connectivity index (χ1) is 17.0. The minimum atomic E-state index is -0.358. The van der Waals surface area contributed by atoms with Crippen molar-refractivity contribution in [1.82, 2.24) is 35.9 Å². The van der Waals surface area contributed by atoms with E-state index in [0.717, 1.165) is 35.4 Å². The van der Waals surface area contributed by atoms with E-state index < -0.39 is 0 Å². The van der Waals surface area contributed by atoms with E-state index >= 15 is 0 Å². The summed E-state index contributed by atoms with van der Waals surface area (Å²) in [7, 11) is 1.71. The number of rotatable bonds is 6. The van der Waals surface area contributed by atoms with Crippen LogP contribution in [0.1, 0.15) is 17.2 Å². The zero-order valence-electron chi connectivity index (χ0n) is 19.6. The van der Waals surface area contributed by atoms with Gasteiger partial charge >= 0.3 is 0 Å². The molecular weight excluding hydrogens is 446 g/mol. The van der Waals surface area contributed by atoms with Crippen LogP contribution in [-0.4, -0.2) is 64.9 Å². The van der Waals surface area contributed by atoms with Crippen molar-refractivity contribution in [3.63, 3.8) is 0 Å². The van der Waals surface area contributed by atoms with Gasteiger partial charge < -0.3 is 30.6 Å². The number of nitrogens with zero attached hydrogens (tertiary/aromatic N) is 4. The molecule has 0 unspecified atom stereocenters. The van der Waals surface area contributed by atoms with Gasteiger partial charge in [-0.25, -0.2) is 15.0 Å². The van der Waals surface area contributed by atoms with Crippen molar-refractivity contribution in [3.8, 4) is 0 Å². The first-order valence-electron chi connectivity index (χ1n) is 11.4. The largest absolute Gasteiger partial charge is 0.392 e. The van der Waals surface area contributed by atoms with Crippen LogP contribution < -0.4 is 20.9 Å². The standard InChI is InChI=1S/C24H27N9O2/c1-14-10-15-16(11-18(14)33-6-8-35-9-7-33)31-23(30-15)20-22(29-13-19-27-4-3-5-28-19)21(25)17(12-26-2)32-24(20)34/h3-5,10-12,25-26,29H,6-9,13H2,1-2H3,(H,30,31)(H,32,34)/b17-12+,25-21?. The van der Waals surface area contributed by atoms with Crippen LogP contribution in [0.15, 0.2) is 48.2 Å². The van der Waals surface area contributed by atoms with Crippen LogP contribution in [0.25, 0.3) is 16.6 Å². The van der Waals surface area contributed by atoms with Crippen molar-refractivity contribution in [2.24, 2.45) is 0 Å². The molecule has 0 aliphatic carbocycles. The molecule has 1 aromatic carbocycles. The molecule has 180 valence electrons. The second-order valence-corrected chi connectivity index (χ2v) is 8.29. The van der Waals surface area contributed by atoms with Crippen molar-refractivity contribution in [2.45, 2.75) is 13.5 Å². The SMILES string of the molecule is CN/C=C1/NC(=O)C(c2nc3cc(C)c(N4CCOCC4)cc3[nH]2)=C(NCc2ncccn2)C1=N. The number of carbonyl (C=O) groups is 1. The Hall–Kier alpha value is -4.25. The van der Waals surface area contributed by atoms with E-state index in [1.807, 2.05) is 6.07 Å². The van der Waals surface area contributed by atoms with Gasteiger partial charge in [0.1, 0.15) is 22.9 Å². The van der Waals surface area contributed by atoms with Gasteiger partial charge in [-0.15, -0.1) is 0 Å². The summed E-state index contributed by atoms with van der Waals surface area (Å²) in [5.41, 5.74) is 4.91. The Bertz CT molecular complexity index is 1340. The predicted octanol–water partition coefficient (Wildman–Crippen LogP) is 1.21. The quantitative estimate of drug-likeness (QED) is 0.359. The Morgan fingerprint density at radius 2 is 2.00 bits per heavy atom. The number of aryl methyl sites for hydroxylation is 1. The van der Waals surface area contributed by atoms with Gasteiger partial charge in [0.2, 0.25) is 0 Å². The molecule has 1 fully saturated rings. The van der Waals surface area contributed by atoms with Crippen LogP contribution in [0.2, 0.25) is 0 Å². The summed E-state index contributed by atoms with van der Waals surface area (Å²) in [6.45, 7) is 5.36. The smallest absolute Gasteiger partial charge is 0.261 e. The van der Waals surface area contributed by atoms with Gasteiger partial charge in [0, 0.05) is 44.4 Å². The molecule has 0 atom stereocenters. The lowest BCUT2D eigenvalue weighted by Crippen LogP contribution is -2.40. The lowest BCUT2D eigenvalue weighted by atomic mass is 10.0. The third-order valence-electron chi connectivity index (χ3n) is 5.96. The molecule has 0 radical (unpaired) electrons. The normalized spacial score (nSPS) is 17.8. The number of imidazole rings is 1. The van der Waals surface area contributed by atoms with E-state index in [2.05, 4.69) is 48.8 Å². The van der Waals surface area contributed by atoms with Crippen molar-refractivity contribution in [2.75, 3.05) is 38.3 Å². The van der Waals surface area contributed by atoms with Gasteiger partial charge in [0.25, 0.3) is 5.91 Å². The molecule has 5 N–H and O–H groups in total. The maximum atomic E-state index is 13.2. The maximum Gasteiger partial charge on any atom is 0.261 e. The minimum absolute atomic E-state index is 0.135. The van der Waals surface area contributed by atoms with E-state index in [1.165, 1.54) is 0 Å².